The van der Waals surface area contributed by atoms with E-state index in [-0.39, 0.29) is 16.4 Å². The van der Waals surface area contributed by atoms with Crippen molar-refractivity contribution in [1.82, 2.24) is 4.31 Å². The van der Waals surface area contributed by atoms with Gasteiger partial charge in [-0.2, -0.15) is 4.31 Å². The molecule has 8 heteroatoms. The smallest absolute Gasteiger partial charge is 0.243 e. The molecule has 2 rings (SSSR count). The van der Waals surface area contributed by atoms with Gasteiger partial charge >= 0.3 is 0 Å². The minimum atomic E-state index is -3.71. The monoisotopic (exact) mass is 318 g/mol. The Bertz CT molecular complexity index is 726. The van der Waals surface area contributed by atoms with E-state index in [0.29, 0.717) is 17.7 Å². The van der Waals surface area contributed by atoms with Crippen molar-refractivity contribution < 1.29 is 16.8 Å². The molecule has 1 aliphatic heterocycles. The van der Waals surface area contributed by atoms with Gasteiger partial charge in [-0.1, -0.05) is 0 Å². The van der Waals surface area contributed by atoms with Crippen LogP contribution in [-0.4, -0.2) is 45.7 Å². The van der Waals surface area contributed by atoms with Crippen LogP contribution in [0, 0.1) is 6.92 Å². The lowest BCUT2D eigenvalue weighted by atomic mass is 10.2. The van der Waals surface area contributed by atoms with Gasteiger partial charge in [0.05, 0.1) is 16.4 Å². The summed E-state index contributed by atoms with van der Waals surface area (Å²) in [6.45, 7) is 1.67. The second kappa shape index (κ2) is 5.01. The molecule has 20 heavy (non-hydrogen) atoms. The predicted octanol–water partition coefficient (Wildman–Crippen LogP) is 0.385. The van der Waals surface area contributed by atoms with Gasteiger partial charge in [0.2, 0.25) is 10.0 Å². The summed E-state index contributed by atoms with van der Waals surface area (Å²) in [6.07, 6.45) is 0.339. The molecule has 0 saturated carbocycles. The van der Waals surface area contributed by atoms with Gasteiger partial charge < -0.3 is 5.73 Å². The summed E-state index contributed by atoms with van der Waals surface area (Å²) in [5.41, 5.74) is 6.66. The summed E-state index contributed by atoms with van der Waals surface area (Å²) >= 11 is 0. The third-order valence-corrected chi connectivity index (χ3v) is 7.40. The first-order chi connectivity index (χ1) is 9.13. The standard InChI is InChI=1S/C12H18N2O4S2/c1-9-7-10(13)3-4-12(9)20(17,18)14(2)11-5-6-19(15,16)8-11/h3-4,7,11H,5-6,8,13H2,1-2H3. The maximum Gasteiger partial charge on any atom is 0.243 e. The molecular weight excluding hydrogens is 300 g/mol. The normalized spacial score (nSPS) is 22.2. The van der Waals surface area contributed by atoms with Crippen LogP contribution in [0.3, 0.4) is 0 Å². The SMILES string of the molecule is Cc1cc(N)ccc1S(=O)(=O)N(C)C1CCS(=O)(=O)C1. The molecule has 0 aromatic heterocycles. The Morgan fingerprint density at radius 3 is 2.50 bits per heavy atom. The van der Waals surface area contributed by atoms with Crippen molar-refractivity contribution in [1.29, 1.82) is 0 Å². The largest absolute Gasteiger partial charge is 0.399 e. The van der Waals surface area contributed by atoms with E-state index < -0.39 is 25.9 Å². The molecule has 1 aliphatic rings. The van der Waals surface area contributed by atoms with E-state index in [4.69, 9.17) is 5.73 Å². The molecule has 0 spiro atoms. The second-order valence-corrected chi connectivity index (χ2v) is 9.30. The van der Waals surface area contributed by atoms with Gasteiger partial charge in [-0.15, -0.1) is 0 Å². The van der Waals surface area contributed by atoms with Gasteiger partial charge in [-0.05, 0) is 37.1 Å². The van der Waals surface area contributed by atoms with Gasteiger partial charge in [0.15, 0.2) is 9.84 Å². The lowest BCUT2D eigenvalue weighted by molar-refractivity contribution is 0.393. The topological polar surface area (TPSA) is 97.5 Å². The number of hydrogen-bond acceptors (Lipinski definition) is 5. The van der Waals surface area contributed by atoms with E-state index in [1.165, 1.54) is 19.2 Å². The third-order valence-electron chi connectivity index (χ3n) is 3.58. The highest BCUT2D eigenvalue weighted by Gasteiger charge is 2.36. The Balaban J connectivity index is 2.35. The van der Waals surface area contributed by atoms with E-state index in [1.54, 1.807) is 13.0 Å². The number of rotatable bonds is 3. The van der Waals surface area contributed by atoms with Crippen LogP contribution >= 0.6 is 0 Å². The Labute approximate surface area is 119 Å². The van der Waals surface area contributed by atoms with E-state index in [9.17, 15) is 16.8 Å². The summed E-state index contributed by atoms with van der Waals surface area (Å²) in [7, 11) is -5.41. The first-order valence-electron chi connectivity index (χ1n) is 6.18. The summed E-state index contributed by atoms with van der Waals surface area (Å²) in [6, 6.07) is 4.08. The molecule has 112 valence electrons. The minimum Gasteiger partial charge on any atom is -0.399 e. The summed E-state index contributed by atoms with van der Waals surface area (Å²) in [5, 5.41) is 0. The number of nitrogen functional groups attached to an aromatic ring is 1. The van der Waals surface area contributed by atoms with Crippen LogP contribution in [0.4, 0.5) is 5.69 Å². The molecule has 1 unspecified atom stereocenters. The molecule has 1 heterocycles. The highest BCUT2D eigenvalue weighted by Crippen LogP contribution is 2.26. The molecule has 1 atom stereocenters. The fourth-order valence-corrected chi connectivity index (χ4v) is 5.83. The highest BCUT2D eigenvalue weighted by atomic mass is 32.2. The first-order valence-corrected chi connectivity index (χ1v) is 9.44. The van der Waals surface area contributed by atoms with Crippen molar-refractivity contribution in [3.8, 4) is 0 Å². The first kappa shape index (κ1) is 15.3. The van der Waals surface area contributed by atoms with E-state index >= 15 is 0 Å². The summed E-state index contributed by atoms with van der Waals surface area (Å²) in [4.78, 5) is 0.165. The zero-order chi connectivity index (χ0) is 15.1. The van der Waals surface area contributed by atoms with E-state index in [2.05, 4.69) is 0 Å². The van der Waals surface area contributed by atoms with Crippen molar-refractivity contribution in [2.24, 2.45) is 0 Å². The van der Waals surface area contributed by atoms with Gasteiger partial charge in [-0.25, -0.2) is 16.8 Å². The predicted molar refractivity (Wildman–Crippen MR) is 77.6 cm³/mol. The van der Waals surface area contributed by atoms with Gasteiger partial charge in [-0.3, -0.25) is 0 Å². The van der Waals surface area contributed by atoms with Gasteiger partial charge in [0.1, 0.15) is 0 Å². The maximum absolute atomic E-state index is 12.6. The van der Waals surface area contributed by atoms with Crippen molar-refractivity contribution in [3.63, 3.8) is 0 Å². The zero-order valence-corrected chi connectivity index (χ0v) is 13.0. The molecular formula is C12H18N2O4S2. The number of nitrogens with two attached hydrogens (primary N) is 1. The third kappa shape index (κ3) is 2.82. The minimum absolute atomic E-state index is 0.0399. The second-order valence-electron chi connectivity index (χ2n) is 5.10. The van der Waals surface area contributed by atoms with E-state index in [1.807, 2.05) is 0 Å². The average molecular weight is 318 g/mol. The number of anilines is 1. The number of aryl methyl sites for hydroxylation is 1. The average Bonchev–Trinajstić information content (AvgIpc) is 2.68. The molecule has 1 saturated heterocycles. The lowest BCUT2D eigenvalue weighted by Gasteiger charge is -2.23. The fraction of sp³-hybridized carbons (Fsp3) is 0.500. The van der Waals surface area contributed by atoms with Crippen molar-refractivity contribution in [2.75, 3.05) is 24.3 Å². The van der Waals surface area contributed by atoms with Crippen molar-refractivity contribution in [2.45, 2.75) is 24.3 Å². The Morgan fingerprint density at radius 1 is 1.35 bits per heavy atom. The maximum atomic E-state index is 12.6. The molecule has 0 bridgehead atoms. The molecule has 1 fully saturated rings. The highest BCUT2D eigenvalue weighted by molar-refractivity contribution is 7.92. The van der Waals surface area contributed by atoms with Crippen LogP contribution in [0.2, 0.25) is 0 Å². The molecule has 0 aliphatic carbocycles. The van der Waals surface area contributed by atoms with Crippen LogP contribution in [0.5, 0.6) is 0 Å². The van der Waals surface area contributed by atoms with Gasteiger partial charge in [0, 0.05) is 18.8 Å². The number of hydrogen-bond donors (Lipinski definition) is 1. The fourth-order valence-electron chi connectivity index (χ4n) is 2.38. The van der Waals surface area contributed by atoms with E-state index in [0.717, 1.165) is 4.31 Å². The number of nitrogens with zero attached hydrogens (tertiary/aromatic N) is 1. The molecule has 1 aromatic rings. The molecule has 6 nitrogen and oxygen atoms in total. The quantitative estimate of drug-likeness (QED) is 0.813. The number of sulfonamides is 1. The molecule has 1 aromatic carbocycles. The van der Waals surface area contributed by atoms with Crippen LogP contribution < -0.4 is 5.73 Å². The molecule has 2 N–H and O–H groups in total. The number of sulfone groups is 1. The number of benzene rings is 1. The Morgan fingerprint density at radius 2 is 2.00 bits per heavy atom. The lowest BCUT2D eigenvalue weighted by Crippen LogP contribution is -2.38. The van der Waals surface area contributed by atoms with Gasteiger partial charge in [0.25, 0.3) is 0 Å². The van der Waals surface area contributed by atoms with Crippen LogP contribution in [0.25, 0.3) is 0 Å². The van der Waals surface area contributed by atoms with Crippen molar-refractivity contribution >= 4 is 25.5 Å². The molecule has 0 radical (unpaired) electrons. The molecule has 0 amide bonds. The Kier molecular flexibility index (Phi) is 3.83. The zero-order valence-electron chi connectivity index (χ0n) is 11.4. The summed E-state index contributed by atoms with van der Waals surface area (Å²) < 4.78 is 49.2. The van der Waals surface area contributed by atoms with Crippen LogP contribution in [0.15, 0.2) is 23.1 Å². The van der Waals surface area contributed by atoms with Crippen LogP contribution in [-0.2, 0) is 19.9 Å². The van der Waals surface area contributed by atoms with Crippen molar-refractivity contribution in [3.05, 3.63) is 23.8 Å². The summed E-state index contributed by atoms with van der Waals surface area (Å²) in [5.74, 6) is -0.0744. The Hall–Kier alpha value is -1.12. The van der Waals surface area contributed by atoms with Crippen LogP contribution in [0.1, 0.15) is 12.0 Å².